The lowest BCUT2D eigenvalue weighted by atomic mass is 9.79. The highest BCUT2D eigenvalue weighted by Gasteiger charge is 2.27. The fourth-order valence-electron chi connectivity index (χ4n) is 5.31. The van der Waals surface area contributed by atoms with Crippen molar-refractivity contribution >= 4 is 21.6 Å². The zero-order valence-electron chi connectivity index (χ0n) is 17.6. The second-order valence-corrected chi connectivity index (χ2v) is 9.93. The Morgan fingerprint density at radius 3 is 2.50 bits per heavy atom. The van der Waals surface area contributed by atoms with E-state index in [4.69, 9.17) is 4.98 Å². The molecule has 30 heavy (non-hydrogen) atoms. The van der Waals surface area contributed by atoms with Crippen molar-refractivity contribution in [3.05, 3.63) is 63.5 Å². The van der Waals surface area contributed by atoms with Crippen molar-refractivity contribution in [2.24, 2.45) is 5.92 Å². The van der Waals surface area contributed by atoms with E-state index in [1.807, 2.05) is 16.0 Å². The van der Waals surface area contributed by atoms with Crippen LogP contribution in [0.1, 0.15) is 55.8 Å². The lowest BCUT2D eigenvalue weighted by molar-refractivity contribution is 0.295. The normalized spacial score (nSPS) is 22.7. The number of nitrogens with zero attached hydrogens (tertiary/aromatic N) is 3. The molecule has 5 rings (SSSR count). The number of rotatable bonds is 6. The van der Waals surface area contributed by atoms with Gasteiger partial charge in [-0.2, -0.15) is 0 Å². The Morgan fingerprint density at radius 1 is 0.967 bits per heavy atom. The zero-order valence-corrected chi connectivity index (χ0v) is 18.4. The maximum atomic E-state index is 13.3. The Kier molecular flexibility index (Phi) is 6.00. The molecule has 1 aliphatic heterocycles. The maximum absolute atomic E-state index is 13.3. The van der Waals surface area contributed by atoms with Gasteiger partial charge in [0.05, 0.1) is 5.52 Å². The summed E-state index contributed by atoms with van der Waals surface area (Å²) in [5.74, 6) is 2.20. The van der Waals surface area contributed by atoms with Crippen LogP contribution in [-0.2, 0) is 13.0 Å². The first-order chi connectivity index (χ1) is 14.8. The van der Waals surface area contributed by atoms with E-state index in [-0.39, 0.29) is 5.56 Å². The average molecular weight is 422 g/mol. The minimum Gasteiger partial charge on any atom is -0.302 e. The van der Waals surface area contributed by atoms with Crippen LogP contribution >= 0.6 is 11.3 Å². The Bertz CT molecular complexity index is 1030. The van der Waals surface area contributed by atoms with Crippen molar-refractivity contribution in [3.63, 3.8) is 0 Å². The molecular weight excluding hydrogens is 390 g/mol. The molecule has 2 aromatic heterocycles. The molecule has 0 amide bonds. The van der Waals surface area contributed by atoms with E-state index in [2.05, 4.69) is 35.2 Å². The lowest BCUT2D eigenvalue weighted by Crippen LogP contribution is -2.33. The number of fused-ring (bicyclic) bond motifs is 1. The number of aromatic nitrogens is 2. The molecule has 158 valence electrons. The van der Waals surface area contributed by atoms with Crippen molar-refractivity contribution < 1.29 is 0 Å². The zero-order chi connectivity index (χ0) is 20.3. The number of benzene rings is 1. The molecular formula is C25H31N3OS. The molecule has 1 aromatic carbocycles. The predicted molar refractivity (Wildman–Crippen MR) is 124 cm³/mol. The van der Waals surface area contributed by atoms with Crippen molar-refractivity contribution in [2.75, 3.05) is 19.6 Å². The minimum absolute atomic E-state index is 0.176. The van der Waals surface area contributed by atoms with Crippen LogP contribution in [0.2, 0.25) is 0 Å². The molecule has 0 atom stereocenters. The third-order valence-corrected chi connectivity index (χ3v) is 7.90. The molecule has 1 saturated carbocycles. The first kappa shape index (κ1) is 20.0. The van der Waals surface area contributed by atoms with Gasteiger partial charge in [-0.3, -0.25) is 9.36 Å². The first-order valence-electron chi connectivity index (χ1n) is 11.5. The van der Waals surface area contributed by atoms with E-state index in [9.17, 15) is 4.79 Å². The number of likely N-dealkylation sites (tertiary alicyclic amines) is 1. The van der Waals surface area contributed by atoms with Gasteiger partial charge >= 0.3 is 0 Å². The highest BCUT2D eigenvalue weighted by Crippen LogP contribution is 2.36. The lowest BCUT2D eigenvalue weighted by Gasteiger charge is -2.30. The summed E-state index contributed by atoms with van der Waals surface area (Å²) < 4.78 is 2.84. The van der Waals surface area contributed by atoms with Crippen LogP contribution < -0.4 is 5.56 Å². The number of thiophene rings is 1. The number of hydrogen-bond acceptors (Lipinski definition) is 4. The monoisotopic (exact) mass is 421 g/mol. The van der Waals surface area contributed by atoms with Crippen LogP contribution in [0.5, 0.6) is 0 Å². The Labute approximate surface area is 182 Å². The van der Waals surface area contributed by atoms with Gasteiger partial charge < -0.3 is 4.90 Å². The largest absolute Gasteiger partial charge is 0.302 e. The van der Waals surface area contributed by atoms with Crippen molar-refractivity contribution in [2.45, 2.75) is 57.4 Å². The third-order valence-electron chi connectivity index (χ3n) is 7.01. The van der Waals surface area contributed by atoms with Gasteiger partial charge in [-0.15, -0.1) is 11.3 Å². The predicted octanol–water partition coefficient (Wildman–Crippen LogP) is 5.07. The Balaban J connectivity index is 1.34. The first-order valence-corrected chi connectivity index (χ1v) is 12.4. The second kappa shape index (κ2) is 9.03. The molecule has 1 saturated heterocycles. The summed E-state index contributed by atoms with van der Waals surface area (Å²) in [6, 6.07) is 12.9. The smallest absolute Gasteiger partial charge is 0.271 e. The highest BCUT2D eigenvalue weighted by molar-refractivity contribution is 7.17. The molecule has 3 heterocycles. The van der Waals surface area contributed by atoms with Gasteiger partial charge in [-0.05, 0) is 81.0 Å². The quantitative estimate of drug-likeness (QED) is 0.558. The van der Waals surface area contributed by atoms with Gasteiger partial charge in [0.1, 0.15) is 10.5 Å². The highest BCUT2D eigenvalue weighted by atomic mass is 32.1. The summed E-state index contributed by atoms with van der Waals surface area (Å²) >= 11 is 1.53. The molecule has 0 radical (unpaired) electrons. The van der Waals surface area contributed by atoms with Crippen molar-refractivity contribution in [3.8, 4) is 0 Å². The van der Waals surface area contributed by atoms with Gasteiger partial charge in [0.2, 0.25) is 0 Å². The topological polar surface area (TPSA) is 38.1 Å². The van der Waals surface area contributed by atoms with Crippen LogP contribution in [0.25, 0.3) is 10.2 Å². The van der Waals surface area contributed by atoms with Crippen molar-refractivity contribution in [1.82, 2.24) is 14.5 Å². The summed E-state index contributed by atoms with van der Waals surface area (Å²) in [4.78, 5) is 20.8. The molecule has 0 unspecified atom stereocenters. The van der Waals surface area contributed by atoms with Gasteiger partial charge in [0.25, 0.3) is 5.56 Å². The van der Waals surface area contributed by atoms with E-state index in [0.29, 0.717) is 5.92 Å². The molecule has 3 aromatic rings. The average Bonchev–Trinajstić information content (AvgIpc) is 3.46. The fraction of sp³-hybridized carbons (Fsp3) is 0.520. The summed E-state index contributed by atoms with van der Waals surface area (Å²) in [5, 5.41) is 2.00. The fourth-order valence-corrected chi connectivity index (χ4v) is 6.09. The minimum atomic E-state index is 0.176. The van der Waals surface area contributed by atoms with Crippen LogP contribution in [0.4, 0.5) is 0 Å². The SMILES string of the molecule is O=c1c2sccc2nc(C2CCC(Cc3ccccc3)CC2)n1CCN1CCCC1. The molecule has 2 aliphatic rings. The molecule has 0 N–H and O–H groups in total. The van der Waals surface area contributed by atoms with Crippen molar-refractivity contribution in [1.29, 1.82) is 0 Å². The van der Waals surface area contributed by atoms with E-state index < -0.39 is 0 Å². The summed E-state index contributed by atoms with van der Waals surface area (Å²) in [6.07, 6.45) is 8.48. The van der Waals surface area contributed by atoms with Crippen LogP contribution in [0, 0.1) is 5.92 Å². The molecule has 4 nitrogen and oxygen atoms in total. The maximum Gasteiger partial charge on any atom is 0.271 e. The van der Waals surface area contributed by atoms with Crippen LogP contribution in [0.3, 0.4) is 0 Å². The van der Waals surface area contributed by atoms with Crippen LogP contribution in [0.15, 0.2) is 46.6 Å². The van der Waals surface area contributed by atoms with Crippen LogP contribution in [-0.4, -0.2) is 34.1 Å². The second-order valence-electron chi connectivity index (χ2n) is 9.02. The molecule has 1 aliphatic carbocycles. The Hall–Kier alpha value is -1.98. The molecule has 0 bridgehead atoms. The standard InChI is InChI=1S/C25H31N3OS/c29-25-23-22(12-17-30-23)26-24(28(25)16-15-27-13-4-5-14-27)21-10-8-20(9-11-21)18-19-6-2-1-3-7-19/h1-3,6-7,12,17,20-21H,4-5,8-11,13-16,18H2. The van der Waals surface area contributed by atoms with Gasteiger partial charge in [-0.25, -0.2) is 4.98 Å². The van der Waals surface area contributed by atoms with E-state index >= 15 is 0 Å². The third kappa shape index (κ3) is 4.23. The Morgan fingerprint density at radius 2 is 1.73 bits per heavy atom. The van der Waals surface area contributed by atoms with Gasteiger partial charge in [-0.1, -0.05) is 30.3 Å². The summed E-state index contributed by atoms with van der Waals surface area (Å²) in [5.41, 5.74) is 2.51. The molecule has 0 spiro atoms. The van der Waals surface area contributed by atoms with E-state index in [0.717, 1.165) is 47.9 Å². The molecule has 2 fully saturated rings. The number of hydrogen-bond donors (Lipinski definition) is 0. The summed E-state index contributed by atoms with van der Waals surface area (Å²) in [7, 11) is 0. The van der Waals surface area contributed by atoms with E-state index in [1.54, 1.807) is 0 Å². The van der Waals surface area contributed by atoms with Gasteiger partial charge in [0, 0.05) is 19.0 Å². The van der Waals surface area contributed by atoms with E-state index in [1.165, 1.54) is 62.1 Å². The van der Waals surface area contributed by atoms with Gasteiger partial charge in [0.15, 0.2) is 0 Å². The summed E-state index contributed by atoms with van der Waals surface area (Å²) in [6.45, 7) is 4.08. The molecule has 5 heteroatoms.